The number of benzene rings is 2. The van der Waals surface area contributed by atoms with E-state index >= 15 is 0 Å². The Labute approximate surface area is 173 Å². The molecule has 0 radical (unpaired) electrons. The van der Waals surface area contributed by atoms with Gasteiger partial charge in [0.25, 0.3) is 0 Å². The third kappa shape index (κ3) is 6.89. The van der Waals surface area contributed by atoms with Crippen molar-refractivity contribution in [1.82, 2.24) is 9.80 Å². The zero-order valence-electron chi connectivity index (χ0n) is 15.9. The molecule has 2 aromatic carbocycles. The molecule has 1 heterocycles. The van der Waals surface area contributed by atoms with Crippen LogP contribution in [0.15, 0.2) is 48.5 Å². The molecular formula is C21H24ClF3N2O2. The van der Waals surface area contributed by atoms with Crippen LogP contribution in [0, 0.1) is 0 Å². The van der Waals surface area contributed by atoms with Crippen molar-refractivity contribution >= 4 is 11.6 Å². The molecule has 0 aromatic heterocycles. The second kappa shape index (κ2) is 9.80. The first-order valence-electron chi connectivity index (χ1n) is 9.47. The molecule has 0 aliphatic carbocycles. The lowest BCUT2D eigenvalue weighted by Crippen LogP contribution is -2.48. The largest absolute Gasteiger partial charge is 0.491 e. The van der Waals surface area contributed by atoms with E-state index in [4.69, 9.17) is 16.3 Å². The van der Waals surface area contributed by atoms with Crippen molar-refractivity contribution in [3.63, 3.8) is 0 Å². The van der Waals surface area contributed by atoms with Crippen LogP contribution >= 0.6 is 11.6 Å². The average molecular weight is 429 g/mol. The lowest BCUT2D eigenvalue weighted by atomic mass is 10.2. The summed E-state index contributed by atoms with van der Waals surface area (Å²) in [6.07, 6.45) is -5.08. The highest BCUT2D eigenvalue weighted by Gasteiger charge is 2.30. The Bertz CT molecular complexity index is 761. The van der Waals surface area contributed by atoms with Crippen LogP contribution in [-0.2, 0) is 12.7 Å². The molecule has 4 nitrogen and oxygen atoms in total. The molecule has 1 atom stereocenters. The zero-order valence-corrected chi connectivity index (χ0v) is 16.7. The molecule has 158 valence electrons. The maximum absolute atomic E-state index is 12.6. The van der Waals surface area contributed by atoms with Gasteiger partial charge >= 0.3 is 6.18 Å². The minimum absolute atomic E-state index is 0.0380. The quantitative estimate of drug-likeness (QED) is 0.725. The van der Waals surface area contributed by atoms with E-state index in [1.807, 2.05) is 24.3 Å². The first-order chi connectivity index (χ1) is 13.8. The smallest absolute Gasteiger partial charge is 0.416 e. The van der Waals surface area contributed by atoms with Crippen LogP contribution in [0.25, 0.3) is 0 Å². The number of hydrogen-bond acceptors (Lipinski definition) is 4. The van der Waals surface area contributed by atoms with Gasteiger partial charge in [-0.1, -0.05) is 23.7 Å². The van der Waals surface area contributed by atoms with Crippen molar-refractivity contribution in [2.45, 2.75) is 18.8 Å². The summed E-state index contributed by atoms with van der Waals surface area (Å²) in [6, 6.07) is 12.3. The molecule has 3 rings (SSSR count). The number of ether oxygens (including phenoxy) is 1. The van der Waals surface area contributed by atoms with E-state index in [0.717, 1.165) is 49.9 Å². The predicted octanol–water partition coefficient (Wildman–Crippen LogP) is 3.92. The van der Waals surface area contributed by atoms with E-state index < -0.39 is 17.8 Å². The Hall–Kier alpha value is -1.80. The summed E-state index contributed by atoms with van der Waals surface area (Å²) in [5.41, 5.74) is 0.495. The van der Waals surface area contributed by atoms with Crippen molar-refractivity contribution in [2.75, 3.05) is 39.3 Å². The van der Waals surface area contributed by atoms with Gasteiger partial charge in [-0.25, -0.2) is 0 Å². The maximum atomic E-state index is 12.6. The molecule has 8 heteroatoms. The summed E-state index contributed by atoms with van der Waals surface area (Å²) in [5, 5.41) is 10.9. The van der Waals surface area contributed by atoms with Crippen LogP contribution in [0.3, 0.4) is 0 Å². The van der Waals surface area contributed by atoms with Crippen LogP contribution in [0.5, 0.6) is 5.75 Å². The number of nitrogens with zero attached hydrogens (tertiary/aromatic N) is 2. The van der Waals surface area contributed by atoms with Crippen molar-refractivity contribution in [3.05, 3.63) is 64.7 Å². The fraction of sp³-hybridized carbons (Fsp3) is 0.429. The molecule has 29 heavy (non-hydrogen) atoms. The van der Waals surface area contributed by atoms with E-state index in [0.29, 0.717) is 12.3 Å². The molecule has 0 amide bonds. The summed E-state index contributed by atoms with van der Waals surface area (Å²) < 4.78 is 43.1. The molecule has 1 aliphatic rings. The number of rotatable bonds is 7. The Morgan fingerprint density at radius 1 is 0.931 bits per heavy atom. The van der Waals surface area contributed by atoms with Crippen molar-refractivity contribution in [1.29, 1.82) is 0 Å². The monoisotopic (exact) mass is 428 g/mol. The molecule has 0 saturated carbocycles. The number of aliphatic hydroxyl groups excluding tert-OH is 1. The lowest BCUT2D eigenvalue weighted by Gasteiger charge is -2.35. The van der Waals surface area contributed by atoms with Gasteiger partial charge in [0.05, 0.1) is 5.56 Å². The van der Waals surface area contributed by atoms with Gasteiger partial charge < -0.3 is 9.84 Å². The second-order valence-electron chi connectivity index (χ2n) is 7.19. The van der Waals surface area contributed by atoms with Crippen LogP contribution in [0.2, 0.25) is 5.02 Å². The molecular weight excluding hydrogens is 405 g/mol. The van der Waals surface area contributed by atoms with Gasteiger partial charge in [-0.05, 0) is 42.0 Å². The first-order valence-corrected chi connectivity index (χ1v) is 9.85. The van der Waals surface area contributed by atoms with E-state index in [9.17, 15) is 18.3 Å². The number of halogens is 4. The fourth-order valence-electron chi connectivity index (χ4n) is 3.26. The molecule has 0 bridgehead atoms. The Kier molecular flexibility index (Phi) is 7.40. The summed E-state index contributed by atoms with van der Waals surface area (Å²) in [7, 11) is 0. The molecule has 0 unspecified atom stereocenters. The number of piperazine rings is 1. The molecule has 1 saturated heterocycles. The standard InChI is InChI=1S/C21H24ClF3N2O2/c22-18-5-1-16(2-6-18)13-26-9-11-27(12-10-26)14-19(28)15-29-20-7-3-17(4-8-20)21(23,24)25/h1-8,19,28H,9-15H2/t19-/m1/s1. The van der Waals surface area contributed by atoms with Crippen LogP contribution in [0.1, 0.15) is 11.1 Å². The van der Waals surface area contributed by atoms with Gasteiger partial charge in [0.1, 0.15) is 18.5 Å². The molecule has 1 fully saturated rings. The summed E-state index contributed by atoms with van der Waals surface area (Å²) in [5.74, 6) is 0.310. The van der Waals surface area contributed by atoms with Gasteiger partial charge in [0.15, 0.2) is 0 Å². The van der Waals surface area contributed by atoms with Gasteiger partial charge in [0, 0.05) is 44.3 Å². The lowest BCUT2D eigenvalue weighted by molar-refractivity contribution is -0.137. The Morgan fingerprint density at radius 3 is 2.10 bits per heavy atom. The normalized spacial score (nSPS) is 17.3. The number of alkyl halides is 3. The van der Waals surface area contributed by atoms with E-state index in [1.165, 1.54) is 17.7 Å². The van der Waals surface area contributed by atoms with E-state index in [2.05, 4.69) is 9.80 Å². The van der Waals surface area contributed by atoms with E-state index in [-0.39, 0.29) is 6.61 Å². The highest BCUT2D eigenvalue weighted by molar-refractivity contribution is 6.30. The molecule has 0 spiro atoms. The van der Waals surface area contributed by atoms with Crippen LogP contribution in [-0.4, -0.2) is 60.3 Å². The van der Waals surface area contributed by atoms with Crippen molar-refractivity contribution in [3.8, 4) is 5.75 Å². The highest BCUT2D eigenvalue weighted by atomic mass is 35.5. The van der Waals surface area contributed by atoms with Gasteiger partial charge in [0.2, 0.25) is 0 Å². The van der Waals surface area contributed by atoms with Crippen molar-refractivity contribution < 1.29 is 23.0 Å². The zero-order chi connectivity index (χ0) is 20.9. The van der Waals surface area contributed by atoms with Crippen LogP contribution < -0.4 is 4.74 Å². The second-order valence-corrected chi connectivity index (χ2v) is 7.63. The molecule has 1 N–H and O–H groups in total. The number of aliphatic hydroxyl groups is 1. The summed E-state index contributed by atoms with van der Waals surface area (Å²) in [6.45, 7) is 4.84. The fourth-order valence-corrected chi connectivity index (χ4v) is 3.39. The van der Waals surface area contributed by atoms with E-state index in [1.54, 1.807) is 0 Å². The number of β-amino-alcohol motifs (C(OH)–C–C–N with tert-alkyl or cyclic N) is 1. The first kappa shape index (κ1) is 21.9. The topological polar surface area (TPSA) is 35.9 Å². The van der Waals surface area contributed by atoms with Crippen molar-refractivity contribution in [2.24, 2.45) is 0 Å². The minimum Gasteiger partial charge on any atom is -0.491 e. The molecule has 2 aromatic rings. The third-order valence-corrected chi connectivity index (χ3v) is 5.13. The maximum Gasteiger partial charge on any atom is 0.416 e. The van der Waals surface area contributed by atoms with Gasteiger partial charge in [-0.15, -0.1) is 0 Å². The van der Waals surface area contributed by atoms with Crippen LogP contribution in [0.4, 0.5) is 13.2 Å². The number of hydrogen-bond donors (Lipinski definition) is 1. The molecule has 1 aliphatic heterocycles. The highest BCUT2D eigenvalue weighted by Crippen LogP contribution is 2.30. The summed E-state index contributed by atoms with van der Waals surface area (Å²) in [4.78, 5) is 4.52. The third-order valence-electron chi connectivity index (χ3n) is 4.88. The summed E-state index contributed by atoms with van der Waals surface area (Å²) >= 11 is 5.91. The van der Waals surface area contributed by atoms with Gasteiger partial charge in [-0.2, -0.15) is 13.2 Å². The minimum atomic E-state index is -4.37. The van der Waals surface area contributed by atoms with Gasteiger partial charge in [-0.3, -0.25) is 9.80 Å². The Morgan fingerprint density at radius 2 is 1.52 bits per heavy atom. The average Bonchev–Trinajstić information content (AvgIpc) is 2.69. The predicted molar refractivity (Wildman–Crippen MR) is 106 cm³/mol. The SMILES string of the molecule is O[C@@H](COc1ccc(C(F)(F)F)cc1)CN1CCN(Cc2ccc(Cl)cc2)CC1. The Balaban J connectivity index is 1.37.